The van der Waals surface area contributed by atoms with Crippen LogP contribution < -0.4 is 10.6 Å². The van der Waals surface area contributed by atoms with E-state index in [0.29, 0.717) is 6.54 Å². The van der Waals surface area contributed by atoms with Gasteiger partial charge in [0.15, 0.2) is 0 Å². The van der Waals surface area contributed by atoms with Gasteiger partial charge in [0.25, 0.3) is 0 Å². The van der Waals surface area contributed by atoms with Crippen LogP contribution in [0.25, 0.3) is 10.2 Å². The summed E-state index contributed by atoms with van der Waals surface area (Å²) in [5.74, 6) is -0.218. The lowest BCUT2D eigenvalue weighted by molar-refractivity contribution is -0.124. The SMILES string of the molecule is Cc1sc2ncnc(SCC(=O)NCC(=O)NCc3ccccc3)c2c1C. The highest BCUT2D eigenvalue weighted by molar-refractivity contribution is 8.00. The Hall–Kier alpha value is -2.45. The number of thiophene rings is 1. The maximum Gasteiger partial charge on any atom is 0.239 e. The molecule has 2 heterocycles. The number of carbonyl (C=O) groups is 2. The molecule has 2 aromatic heterocycles. The molecule has 2 amide bonds. The van der Waals surface area contributed by atoms with Gasteiger partial charge in [0.05, 0.1) is 12.3 Å². The van der Waals surface area contributed by atoms with E-state index in [0.717, 1.165) is 26.4 Å². The molecule has 0 aliphatic rings. The van der Waals surface area contributed by atoms with Crippen LogP contribution in [0.5, 0.6) is 0 Å². The number of hydrogen-bond acceptors (Lipinski definition) is 6. The minimum absolute atomic E-state index is 0.0397. The number of rotatable bonds is 7. The molecule has 3 aromatic rings. The number of benzene rings is 1. The van der Waals surface area contributed by atoms with E-state index in [4.69, 9.17) is 0 Å². The van der Waals surface area contributed by atoms with Gasteiger partial charge in [-0.15, -0.1) is 11.3 Å². The van der Waals surface area contributed by atoms with Gasteiger partial charge in [0.2, 0.25) is 11.8 Å². The molecule has 0 bridgehead atoms. The van der Waals surface area contributed by atoms with Crippen molar-refractivity contribution in [1.29, 1.82) is 0 Å². The Labute approximate surface area is 165 Å². The van der Waals surface area contributed by atoms with E-state index in [9.17, 15) is 9.59 Å². The van der Waals surface area contributed by atoms with Crippen LogP contribution in [0.15, 0.2) is 41.7 Å². The predicted molar refractivity (Wildman–Crippen MR) is 109 cm³/mol. The Kier molecular flexibility index (Phi) is 6.41. The molecule has 3 rings (SSSR count). The normalized spacial score (nSPS) is 10.7. The number of carbonyl (C=O) groups excluding carboxylic acids is 2. The highest BCUT2D eigenvalue weighted by Gasteiger charge is 2.14. The lowest BCUT2D eigenvalue weighted by atomic mass is 10.2. The fraction of sp³-hybridized carbons (Fsp3) is 0.263. The zero-order chi connectivity index (χ0) is 19.2. The van der Waals surface area contributed by atoms with Gasteiger partial charge in [-0.3, -0.25) is 9.59 Å². The fourth-order valence-electron chi connectivity index (χ4n) is 2.48. The first kappa shape index (κ1) is 19.3. The van der Waals surface area contributed by atoms with Crippen molar-refractivity contribution in [3.8, 4) is 0 Å². The van der Waals surface area contributed by atoms with Crippen LogP contribution in [0.4, 0.5) is 0 Å². The summed E-state index contributed by atoms with van der Waals surface area (Å²) in [6.45, 7) is 4.50. The summed E-state index contributed by atoms with van der Waals surface area (Å²) < 4.78 is 0. The average Bonchev–Trinajstić information content (AvgIpc) is 2.98. The van der Waals surface area contributed by atoms with E-state index in [-0.39, 0.29) is 24.1 Å². The van der Waals surface area contributed by atoms with E-state index in [1.165, 1.54) is 23.0 Å². The zero-order valence-electron chi connectivity index (χ0n) is 15.1. The molecule has 0 spiro atoms. The van der Waals surface area contributed by atoms with Gasteiger partial charge >= 0.3 is 0 Å². The topological polar surface area (TPSA) is 84.0 Å². The van der Waals surface area contributed by atoms with Crippen LogP contribution in [0, 0.1) is 13.8 Å². The van der Waals surface area contributed by atoms with Crippen LogP contribution in [-0.4, -0.2) is 34.1 Å². The number of nitrogens with one attached hydrogen (secondary N) is 2. The summed E-state index contributed by atoms with van der Waals surface area (Å²) in [5.41, 5.74) is 2.17. The summed E-state index contributed by atoms with van der Waals surface area (Å²) in [5, 5.41) is 7.24. The number of aryl methyl sites for hydroxylation is 2. The van der Waals surface area contributed by atoms with Crippen molar-refractivity contribution in [1.82, 2.24) is 20.6 Å². The van der Waals surface area contributed by atoms with Gasteiger partial charge in [-0.25, -0.2) is 9.97 Å². The van der Waals surface area contributed by atoms with E-state index >= 15 is 0 Å². The van der Waals surface area contributed by atoms with Gasteiger partial charge in [0, 0.05) is 16.8 Å². The van der Waals surface area contributed by atoms with Crippen LogP contribution in [0.1, 0.15) is 16.0 Å². The first-order valence-electron chi connectivity index (χ1n) is 8.45. The number of fused-ring (bicyclic) bond motifs is 1. The van der Waals surface area contributed by atoms with Crippen molar-refractivity contribution in [2.45, 2.75) is 25.4 Å². The fourth-order valence-corrected chi connectivity index (χ4v) is 4.43. The Morgan fingerprint density at radius 3 is 2.63 bits per heavy atom. The van der Waals surface area contributed by atoms with Crippen LogP contribution >= 0.6 is 23.1 Å². The quantitative estimate of drug-likeness (QED) is 0.471. The van der Waals surface area contributed by atoms with Crippen LogP contribution in [-0.2, 0) is 16.1 Å². The Balaban J connectivity index is 1.47. The summed E-state index contributed by atoms with van der Waals surface area (Å²) in [6, 6.07) is 9.63. The third-order valence-electron chi connectivity index (χ3n) is 4.05. The van der Waals surface area contributed by atoms with Gasteiger partial charge in [0.1, 0.15) is 16.2 Å². The average molecular weight is 401 g/mol. The Bertz CT molecular complexity index is 957. The van der Waals surface area contributed by atoms with Crippen molar-refractivity contribution in [2.75, 3.05) is 12.3 Å². The first-order chi connectivity index (χ1) is 13.0. The largest absolute Gasteiger partial charge is 0.350 e. The zero-order valence-corrected chi connectivity index (χ0v) is 16.7. The molecule has 140 valence electrons. The molecule has 27 heavy (non-hydrogen) atoms. The molecule has 0 saturated heterocycles. The Morgan fingerprint density at radius 2 is 1.85 bits per heavy atom. The second-order valence-corrected chi connectivity index (χ2v) is 8.14. The van der Waals surface area contributed by atoms with Crippen LogP contribution in [0.2, 0.25) is 0 Å². The van der Waals surface area contributed by atoms with E-state index in [1.54, 1.807) is 11.3 Å². The first-order valence-corrected chi connectivity index (χ1v) is 10.3. The van der Waals surface area contributed by atoms with Gasteiger partial charge in [-0.1, -0.05) is 42.1 Å². The second-order valence-electron chi connectivity index (χ2n) is 5.97. The summed E-state index contributed by atoms with van der Waals surface area (Å²) in [6.07, 6.45) is 1.52. The minimum Gasteiger partial charge on any atom is -0.350 e. The lowest BCUT2D eigenvalue weighted by Crippen LogP contribution is -2.37. The predicted octanol–water partition coefficient (Wildman–Crippen LogP) is 2.83. The number of nitrogens with zero attached hydrogens (tertiary/aromatic N) is 2. The van der Waals surface area contributed by atoms with Crippen molar-refractivity contribution >= 4 is 45.1 Å². The second kappa shape index (κ2) is 8.96. The number of hydrogen-bond donors (Lipinski definition) is 2. The number of amides is 2. The molecule has 2 N–H and O–H groups in total. The summed E-state index contributed by atoms with van der Waals surface area (Å²) in [7, 11) is 0. The number of thioether (sulfide) groups is 1. The van der Waals surface area contributed by atoms with Gasteiger partial charge in [-0.05, 0) is 25.0 Å². The molecular formula is C19H20N4O2S2. The monoisotopic (exact) mass is 400 g/mol. The minimum atomic E-state index is -0.217. The smallest absolute Gasteiger partial charge is 0.239 e. The molecule has 0 aliphatic heterocycles. The standard InChI is InChI=1S/C19H20N4O2S2/c1-12-13(2)27-19-17(12)18(22-11-23-19)26-10-16(25)21-9-15(24)20-8-14-6-4-3-5-7-14/h3-7,11H,8-10H2,1-2H3,(H,20,24)(H,21,25). The molecule has 6 nitrogen and oxygen atoms in total. The van der Waals surface area contributed by atoms with Crippen LogP contribution in [0.3, 0.4) is 0 Å². The maximum absolute atomic E-state index is 12.1. The van der Waals surface area contributed by atoms with Crippen molar-refractivity contribution in [2.24, 2.45) is 0 Å². The molecular weight excluding hydrogens is 380 g/mol. The lowest BCUT2D eigenvalue weighted by Gasteiger charge is -2.07. The maximum atomic E-state index is 12.1. The summed E-state index contributed by atoms with van der Waals surface area (Å²) >= 11 is 2.99. The third kappa shape index (κ3) is 5.05. The summed E-state index contributed by atoms with van der Waals surface area (Å²) in [4.78, 5) is 34.7. The molecule has 0 atom stereocenters. The molecule has 0 unspecified atom stereocenters. The van der Waals surface area contributed by atoms with Gasteiger partial charge < -0.3 is 10.6 Å². The molecule has 0 fully saturated rings. The molecule has 0 saturated carbocycles. The van der Waals surface area contributed by atoms with Crippen molar-refractivity contribution < 1.29 is 9.59 Å². The third-order valence-corrected chi connectivity index (χ3v) is 6.15. The number of aromatic nitrogens is 2. The molecule has 8 heteroatoms. The van der Waals surface area contributed by atoms with E-state index in [1.807, 2.05) is 37.3 Å². The highest BCUT2D eigenvalue weighted by Crippen LogP contribution is 2.34. The molecule has 0 radical (unpaired) electrons. The van der Waals surface area contributed by atoms with Crippen molar-refractivity contribution in [3.05, 3.63) is 52.7 Å². The highest BCUT2D eigenvalue weighted by atomic mass is 32.2. The van der Waals surface area contributed by atoms with Crippen molar-refractivity contribution in [3.63, 3.8) is 0 Å². The van der Waals surface area contributed by atoms with Gasteiger partial charge in [-0.2, -0.15) is 0 Å². The van der Waals surface area contributed by atoms with E-state index < -0.39 is 0 Å². The Morgan fingerprint density at radius 1 is 1.07 bits per heavy atom. The van der Waals surface area contributed by atoms with E-state index in [2.05, 4.69) is 27.5 Å². The molecule has 1 aromatic carbocycles. The molecule has 0 aliphatic carbocycles.